The summed E-state index contributed by atoms with van der Waals surface area (Å²) in [5, 5.41) is 19.9. The van der Waals surface area contributed by atoms with Gasteiger partial charge in [0, 0.05) is 48.1 Å². The number of aliphatic hydroxyl groups excluding tert-OH is 1. The van der Waals surface area contributed by atoms with Gasteiger partial charge in [0.25, 0.3) is 5.67 Å². The average Bonchev–Trinajstić information content (AvgIpc) is 3.77. The number of likely N-dealkylation sites (N-methyl/N-ethyl adjacent to an activating group) is 1. The van der Waals surface area contributed by atoms with Crippen LogP contribution in [-0.4, -0.2) is 128 Å². The average molecular weight is 829 g/mol. The molecule has 15 nitrogen and oxygen atoms in total. The number of nitrogens with zero attached hydrogens (tertiary/aromatic N) is 5. The fourth-order valence-corrected chi connectivity index (χ4v) is 9.39. The van der Waals surface area contributed by atoms with Crippen LogP contribution in [0.15, 0.2) is 30.5 Å². The van der Waals surface area contributed by atoms with Gasteiger partial charge in [-0.15, -0.1) is 5.10 Å². The number of aromatic nitrogens is 3. The van der Waals surface area contributed by atoms with E-state index in [2.05, 4.69) is 10.3 Å². The number of nitrogen functional groups attached to an aromatic ring is 1. The lowest BCUT2D eigenvalue weighted by atomic mass is 9.70. The largest absolute Gasteiger partial charge is 0.455 e. The molecule has 0 radical (unpaired) electrons. The van der Waals surface area contributed by atoms with E-state index in [9.17, 15) is 24.3 Å². The first-order valence-corrected chi connectivity index (χ1v) is 21.0. The Morgan fingerprint density at radius 1 is 1.00 bits per heavy atom. The molecule has 4 heterocycles. The molecular weight excluding hydrogens is 764 g/mol. The van der Waals surface area contributed by atoms with Gasteiger partial charge in [0.15, 0.2) is 17.7 Å². The highest BCUT2D eigenvalue weighted by atomic mass is 19.1. The molecule has 59 heavy (non-hydrogen) atoms. The number of halogens is 1. The van der Waals surface area contributed by atoms with Crippen LogP contribution in [0.5, 0.6) is 0 Å². The number of aliphatic hydroxyl groups is 1. The number of hydrogen-bond acceptors (Lipinski definition) is 13. The minimum absolute atomic E-state index is 0.0964. The molecule has 2 aromatic rings. The van der Waals surface area contributed by atoms with Gasteiger partial charge in [0.05, 0.1) is 24.4 Å². The molecule has 14 atom stereocenters. The molecule has 3 aliphatic heterocycles. The second kappa shape index (κ2) is 18.3. The second-order valence-electron chi connectivity index (χ2n) is 17.7. The number of aryl methyl sites for hydroxylation is 1. The van der Waals surface area contributed by atoms with Crippen molar-refractivity contribution in [1.29, 1.82) is 0 Å². The summed E-state index contributed by atoms with van der Waals surface area (Å²) in [7, 11) is 3.68. The molecule has 16 heteroatoms. The Kier molecular flexibility index (Phi) is 14.3. The molecular formula is C43H65FN6O9. The van der Waals surface area contributed by atoms with Crippen molar-refractivity contribution in [3.63, 3.8) is 0 Å². The van der Waals surface area contributed by atoms with E-state index in [1.165, 1.54) is 11.8 Å². The quantitative estimate of drug-likeness (QED) is 0.140. The van der Waals surface area contributed by atoms with Crippen LogP contribution >= 0.6 is 0 Å². The van der Waals surface area contributed by atoms with Crippen LogP contribution in [0.3, 0.4) is 0 Å². The van der Waals surface area contributed by atoms with Gasteiger partial charge in [-0.1, -0.05) is 58.9 Å². The monoisotopic (exact) mass is 828 g/mol. The summed E-state index contributed by atoms with van der Waals surface area (Å²) in [6.45, 7) is 15.5. The van der Waals surface area contributed by atoms with E-state index < -0.39 is 89.3 Å². The topological polar surface area (TPSA) is 189 Å². The lowest BCUT2D eigenvalue weighted by Crippen LogP contribution is -2.60. The van der Waals surface area contributed by atoms with Gasteiger partial charge in [0.1, 0.15) is 23.7 Å². The molecule has 1 aromatic heterocycles. The number of anilines is 1. The molecule has 0 aliphatic carbocycles. The standard InChI is InChI=1S/C43H65FN6O9/c1-12-33-43(9)37(50(41(55)59-43)19-14-13-18-49-22-31(46-47-49)29-16-15-17-30(45)21-29)27(6)34(51)25(4)24(3)26(5)36(28(7)38(53)42(8,44)40(54)57-33)58-39-35(52)32(48(10)11)20-23(2)56-39/h15-17,21-28,32-33,35-37,39,52H,12-14,18-20,45H2,1-11H3. The molecule has 0 spiro atoms. The van der Waals surface area contributed by atoms with Gasteiger partial charge in [0.2, 0.25) is 0 Å². The number of hydrogen-bond donors (Lipinski definition) is 2. The zero-order chi connectivity index (χ0) is 43.7. The Hall–Kier alpha value is -3.99. The Morgan fingerprint density at radius 2 is 1.68 bits per heavy atom. The lowest BCUT2D eigenvalue weighted by molar-refractivity contribution is -0.280. The number of amides is 1. The number of carbonyl (C=O) groups excluding carboxylic acids is 4. The number of Topliss-reactive ketones (excluding diaryl/α,β-unsaturated/α-hetero) is 2. The Morgan fingerprint density at radius 3 is 2.32 bits per heavy atom. The summed E-state index contributed by atoms with van der Waals surface area (Å²) in [4.78, 5) is 60.0. The van der Waals surface area contributed by atoms with Crippen LogP contribution in [0.2, 0.25) is 0 Å². The zero-order valence-corrected chi connectivity index (χ0v) is 36.5. The number of alkyl halides is 1. The number of cyclic esters (lactones) is 1. The number of ketones is 2. The number of esters is 1. The Bertz CT molecular complexity index is 1820. The van der Waals surface area contributed by atoms with Gasteiger partial charge in [-0.05, 0) is 84.5 Å². The Balaban J connectivity index is 1.43. The maximum atomic E-state index is 16.8. The Labute approximate surface area is 347 Å². The highest BCUT2D eigenvalue weighted by Crippen LogP contribution is 2.43. The van der Waals surface area contributed by atoms with Crippen LogP contribution < -0.4 is 5.73 Å². The molecule has 3 saturated heterocycles. The SMILES string of the molecule is CCC1OC(=O)C(C)(F)C(=O)C(C)C(OC2OC(C)CC(N(C)C)C2O)C(C)C(C)C(C)C(=O)C(C)C2N(CCCCn3cc(-c4cccc(N)c4)nn3)C(=O)OC12C. The van der Waals surface area contributed by atoms with Crippen molar-refractivity contribution in [1.82, 2.24) is 24.8 Å². The molecule has 5 rings (SSSR count). The molecule has 14 unspecified atom stereocenters. The maximum Gasteiger partial charge on any atom is 0.410 e. The molecule has 1 amide bonds. The van der Waals surface area contributed by atoms with Crippen molar-refractivity contribution in [2.24, 2.45) is 29.6 Å². The van der Waals surface area contributed by atoms with Gasteiger partial charge in [-0.25, -0.2) is 14.0 Å². The predicted molar refractivity (Wildman–Crippen MR) is 217 cm³/mol. The highest BCUT2D eigenvalue weighted by Gasteiger charge is 2.61. The number of fused-ring (bicyclic) bond motifs is 1. The maximum absolute atomic E-state index is 16.8. The van der Waals surface area contributed by atoms with Crippen molar-refractivity contribution in [2.75, 3.05) is 26.4 Å². The smallest absolute Gasteiger partial charge is 0.410 e. The summed E-state index contributed by atoms with van der Waals surface area (Å²) < 4.78 is 43.0. The summed E-state index contributed by atoms with van der Waals surface area (Å²) >= 11 is 0. The van der Waals surface area contributed by atoms with Crippen LogP contribution in [0.1, 0.15) is 88.0 Å². The number of benzene rings is 1. The first-order chi connectivity index (χ1) is 27.6. The van der Waals surface area contributed by atoms with Gasteiger partial charge in [-0.3, -0.25) is 14.3 Å². The molecule has 3 aliphatic rings. The second-order valence-corrected chi connectivity index (χ2v) is 17.7. The third-order valence-electron chi connectivity index (χ3n) is 13.3. The van der Waals surface area contributed by atoms with Gasteiger partial charge in [-0.2, -0.15) is 0 Å². The van der Waals surface area contributed by atoms with E-state index in [0.29, 0.717) is 37.2 Å². The molecule has 1 aromatic carbocycles. The lowest BCUT2D eigenvalue weighted by Gasteiger charge is -2.45. The van der Waals surface area contributed by atoms with Gasteiger partial charge >= 0.3 is 12.1 Å². The van der Waals surface area contributed by atoms with E-state index in [1.807, 2.05) is 64.2 Å². The summed E-state index contributed by atoms with van der Waals surface area (Å²) in [6.07, 6.45) is -1.98. The van der Waals surface area contributed by atoms with Crippen molar-refractivity contribution in [3.8, 4) is 11.3 Å². The van der Waals surface area contributed by atoms with Crippen LogP contribution in [-0.2, 0) is 39.9 Å². The number of carbonyl (C=O) groups is 4. The molecule has 3 fully saturated rings. The first kappa shape index (κ1) is 46.1. The predicted octanol–water partition coefficient (Wildman–Crippen LogP) is 5.08. The van der Waals surface area contributed by atoms with Crippen molar-refractivity contribution >= 4 is 29.3 Å². The number of unbranched alkanes of at least 4 members (excludes halogenated alkanes) is 1. The fraction of sp³-hybridized carbons (Fsp3) is 0.721. The third-order valence-corrected chi connectivity index (χ3v) is 13.3. The molecule has 328 valence electrons. The van der Waals surface area contributed by atoms with Gasteiger partial charge < -0.3 is 39.6 Å². The van der Waals surface area contributed by atoms with E-state index >= 15 is 4.39 Å². The normalized spacial score (nSPS) is 37.6. The number of nitrogens with two attached hydrogens (primary N) is 1. The highest BCUT2D eigenvalue weighted by molar-refractivity contribution is 6.07. The minimum Gasteiger partial charge on any atom is -0.455 e. The van der Waals surface area contributed by atoms with Crippen molar-refractivity contribution in [3.05, 3.63) is 30.5 Å². The minimum atomic E-state index is -3.12. The first-order valence-electron chi connectivity index (χ1n) is 21.0. The van der Waals surface area contributed by atoms with E-state index in [0.717, 1.165) is 12.5 Å². The zero-order valence-electron chi connectivity index (χ0n) is 36.5. The molecule has 3 N–H and O–H groups in total. The number of rotatable bonds is 10. The van der Waals surface area contributed by atoms with Crippen LogP contribution in [0, 0.1) is 29.6 Å². The molecule has 0 bridgehead atoms. The third kappa shape index (κ3) is 9.35. The summed E-state index contributed by atoms with van der Waals surface area (Å²) in [5.74, 6) is -6.38. The summed E-state index contributed by atoms with van der Waals surface area (Å²) in [5.41, 5.74) is 3.37. The van der Waals surface area contributed by atoms with Crippen LogP contribution in [0.25, 0.3) is 11.3 Å². The van der Waals surface area contributed by atoms with E-state index in [1.54, 1.807) is 38.4 Å². The van der Waals surface area contributed by atoms with Crippen molar-refractivity contribution < 1.29 is 47.6 Å². The van der Waals surface area contributed by atoms with Crippen LogP contribution in [0.4, 0.5) is 14.9 Å². The van der Waals surface area contributed by atoms with Crippen molar-refractivity contribution in [2.45, 2.75) is 149 Å². The molecule has 0 saturated carbocycles. The van der Waals surface area contributed by atoms with E-state index in [-0.39, 0.29) is 30.9 Å². The fourth-order valence-electron chi connectivity index (χ4n) is 9.39. The van der Waals surface area contributed by atoms with E-state index in [4.69, 9.17) is 24.7 Å². The summed E-state index contributed by atoms with van der Waals surface area (Å²) in [6, 6.07) is 6.13. The number of ether oxygens (including phenoxy) is 4.